The van der Waals surface area contributed by atoms with Crippen LogP contribution in [0, 0.1) is 5.41 Å². The fourth-order valence-corrected chi connectivity index (χ4v) is 1.24. The summed E-state index contributed by atoms with van der Waals surface area (Å²) in [7, 11) is 1.27. The van der Waals surface area contributed by atoms with Crippen LogP contribution in [0.15, 0.2) is 0 Å². The lowest BCUT2D eigenvalue weighted by Gasteiger charge is -2.17. The quantitative estimate of drug-likeness (QED) is 0.409. The average Bonchev–Trinajstić information content (AvgIpc) is 2.01. The van der Waals surface area contributed by atoms with Crippen LogP contribution >= 0.6 is 15.9 Å². The Bertz CT molecular complexity index is 157. The number of alkyl halides is 1. The lowest BCUT2D eigenvalue weighted by atomic mass is 9.89. The number of hydrogen-bond acceptors (Lipinski definition) is 3. The van der Waals surface area contributed by atoms with Crippen molar-refractivity contribution in [2.75, 3.05) is 12.4 Å². The van der Waals surface area contributed by atoms with Crippen LogP contribution in [0.5, 0.6) is 0 Å². The van der Waals surface area contributed by atoms with E-state index in [1.807, 2.05) is 0 Å². The van der Waals surface area contributed by atoms with Crippen molar-refractivity contribution in [2.24, 2.45) is 5.41 Å². The maximum absolute atomic E-state index is 11.1. The Labute approximate surface area is 74.2 Å². The molecule has 0 aromatic heterocycles. The molecular weight excluding hydrogens is 212 g/mol. The molecule has 64 valence electrons. The van der Waals surface area contributed by atoms with E-state index in [0.717, 1.165) is 0 Å². The Morgan fingerprint density at radius 2 is 1.91 bits per heavy atom. The number of ketones is 1. The topological polar surface area (TPSA) is 43.4 Å². The number of rotatable bonds is 3. The van der Waals surface area contributed by atoms with Gasteiger partial charge in [0.2, 0.25) is 0 Å². The van der Waals surface area contributed by atoms with Gasteiger partial charge in [0, 0.05) is 0 Å². The van der Waals surface area contributed by atoms with Crippen molar-refractivity contribution in [3.63, 3.8) is 0 Å². The molecule has 0 aliphatic carbocycles. The van der Waals surface area contributed by atoms with Crippen LogP contribution in [-0.4, -0.2) is 24.2 Å². The molecule has 0 bridgehead atoms. The number of carbonyl (C=O) groups excluding carboxylic acids is 2. The molecular formula is C7H11BrO3. The molecule has 3 nitrogen and oxygen atoms in total. The van der Waals surface area contributed by atoms with Gasteiger partial charge in [0.1, 0.15) is 5.41 Å². The third kappa shape index (κ3) is 2.29. The van der Waals surface area contributed by atoms with E-state index < -0.39 is 11.4 Å². The molecule has 0 spiro atoms. The molecule has 0 amide bonds. The summed E-state index contributed by atoms with van der Waals surface area (Å²) in [6.45, 7) is 3.09. The first-order valence-corrected chi connectivity index (χ1v) is 4.26. The number of esters is 1. The Morgan fingerprint density at radius 3 is 2.18 bits per heavy atom. The fourth-order valence-electron chi connectivity index (χ4n) is 0.536. The zero-order chi connectivity index (χ0) is 9.07. The average molecular weight is 223 g/mol. The van der Waals surface area contributed by atoms with Crippen molar-refractivity contribution in [2.45, 2.75) is 13.8 Å². The summed E-state index contributed by atoms with van der Waals surface area (Å²) in [6.07, 6.45) is 0. The first-order valence-electron chi connectivity index (χ1n) is 3.14. The Kier molecular flexibility index (Phi) is 3.72. The third-order valence-electron chi connectivity index (χ3n) is 1.51. The molecule has 11 heavy (non-hydrogen) atoms. The minimum absolute atomic E-state index is 0.176. The largest absolute Gasteiger partial charge is 0.468 e. The molecule has 0 unspecified atom stereocenters. The second-order valence-corrected chi connectivity index (χ2v) is 3.23. The minimum atomic E-state index is -1.03. The summed E-state index contributed by atoms with van der Waals surface area (Å²) < 4.78 is 4.46. The van der Waals surface area contributed by atoms with Gasteiger partial charge in [-0.1, -0.05) is 15.9 Å². The van der Waals surface area contributed by atoms with Crippen molar-refractivity contribution in [1.29, 1.82) is 0 Å². The molecule has 0 heterocycles. The number of ether oxygens (including phenoxy) is 1. The lowest BCUT2D eigenvalue weighted by Crippen LogP contribution is -2.35. The molecule has 0 radical (unpaired) electrons. The summed E-state index contributed by atoms with van der Waals surface area (Å²) >= 11 is 2.99. The molecule has 0 saturated carbocycles. The van der Waals surface area contributed by atoms with Crippen molar-refractivity contribution in [1.82, 2.24) is 0 Å². The predicted molar refractivity (Wildman–Crippen MR) is 44.6 cm³/mol. The molecule has 0 saturated heterocycles. The van der Waals surface area contributed by atoms with E-state index in [-0.39, 0.29) is 11.1 Å². The van der Waals surface area contributed by atoms with Crippen molar-refractivity contribution in [3.05, 3.63) is 0 Å². The number of hydrogen-bond donors (Lipinski definition) is 0. The lowest BCUT2D eigenvalue weighted by molar-refractivity contribution is -0.154. The molecule has 0 aromatic rings. The van der Waals surface area contributed by atoms with Gasteiger partial charge in [-0.2, -0.15) is 0 Å². The maximum atomic E-state index is 11.1. The Morgan fingerprint density at radius 1 is 1.45 bits per heavy atom. The van der Waals surface area contributed by atoms with Gasteiger partial charge in [-0.05, 0) is 13.8 Å². The van der Waals surface area contributed by atoms with E-state index in [1.165, 1.54) is 7.11 Å². The number of methoxy groups -OCH3 is 1. The van der Waals surface area contributed by atoms with E-state index in [9.17, 15) is 9.59 Å². The normalized spacial score (nSPS) is 10.9. The van der Waals surface area contributed by atoms with Gasteiger partial charge < -0.3 is 4.74 Å². The van der Waals surface area contributed by atoms with Gasteiger partial charge in [0.15, 0.2) is 5.78 Å². The smallest absolute Gasteiger partial charge is 0.318 e. The molecule has 0 N–H and O–H groups in total. The van der Waals surface area contributed by atoms with Gasteiger partial charge in [-0.3, -0.25) is 9.59 Å². The number of carbonyl (C=O) groups is 2. The third-order valence-corrected chi connectivity index (χ3v) is 2.02. The summed E-state index contributed by atoms with van der Waals surface area (Å²) in [4.78, 5) is 22.1. The fraction of sp³-hybridized carbons (Fsp3) is 0.714. The number of halogens is 1. The molecule has 0 fully saturated rings. The highest BCUT2D eigenvalue weighted by atomic mass is 79.9. The zero-order valence-electron chi connectivity index (χ0n) is 6.81. The van der Waals surface area contributed by atoms with E-state index >= 15 is 0 Å². The summed E-state index contributed by atoms with van der Waals surface area (Å²) in [5.74, 6) is -0.675. The molecule has 0 rings (SSSR count). The summed E-state index contributed by atoms with van der Waals surface area (Å²) in [5, 5.41) is 0.176. The monoisotopic (exact) mass is 222 g/mol. The highest BCUT2D eigenvalue weighted by molar-refractivity contribution is 9.09. The van der Waals surface area contributed by atoms with Gasteiger partial charge in [-0.25, -0.2) is 0 Å². The second-order valence-electron chi connectivity index (χ2n) is 2.67. The van der Waals surface area contributed by atoms with Crippen LogP contribution in [0.3, 0.4) is 0 Å². The van der Waals surface area contributed by atoms with Crippen molar-refractivity contribution >= 4 is 27.7 Å². The van der Waals surface area contributed by atoms with Crippen LogP contribution in [-0.2, 0) is 14.3 Å². The Balaban J connectivity index is 4.44. The van der Waals surface area contributed by atoms with Gasteiger partial charge >= 0.3 is 5.97 Å². The van der Waals surface area contributed by atoms with Crippen molar-refractivity contribution < 1.29 is 14.3 Å². The molecule has 0 aliphatic rings. The van der Waals surface area contributed by atoms with Crippen LogP contribution in [0.4, 0.5) is 0 Å². The van der Waals surface area contributed by atoms with Gasteiger partial charge in [0.05, 0.1) is 12.4 Å². The van der Waals surface area contributed by atoms with Crippen LogP contribution in [0.1, 0.15) is 13.8 Å². The first-order chi connectivity index (χ1) is 4.96. The summed E-state index contributed by atoms with van der Waals surface area (Å²) in [5.41, 5.74) is -1.03. The van der Waals surface area contributed by atoms with Crippen LogP contribution < -0.4 is 0 Å². The van der Waals surface area contributed by atoms with E-state index in [2.05, 4.69) is 20.7 Å². The molecule has 0 aromatic carbocycles. The Hall–Kier alpha value is -0.380. The highest BCUT2D eigenvalue weighted by Crippen LogP contribution is 2.19. The van der Waals surface area contributed by atoms with Gasteiger partial charge in [-0.15, -0.1) is 0 Å². The van der Waals surface area contributed by atoms with E-state index in [1.54, 1.807) is 13.8 Å². The summed E-state index contributed by atoms with van der Waals surface area (Å²) in [6, 6.07) is 0. The highest BCUT2D eigenvalue weighted by Gasteiger charge is 2.35. The van der Waals surface area contributed by atoms with E-state index in [4.69, 9.17) is 0 Å². The van der Waals surface area contributed by atoms with Crippen LogP contribution in [0.2, 0.25) is 0 Å². The van der Waals surface area contributed by atoms with Crippen molar-refractivity contribution in [3.8, 4) is 0 Å². The van der Waals surface area contributed by atoms with Crippen LogP contribution in [0.25, 0.3) is 0 Å². The first kappa shape index (κ1) is 10.6. The zero-order valence-corrected chi connectivity index (χ0v) is 8.40. The maximum Gasteiger partial charge on any atom is 0.318 e. The van der Waals surface area contributed by atoms with Gasteiger partial charge in [0.25, 0.3) is 0 Å². The molecule has 4 heteroatoms. The second kappa shape index (κ2) is 3.85. The SMILES string of the molecule is COC(=O)C(C)(C)C(=O)CBr. The standard InChI is InChI=1S/C7H11BrO3/c1-7(2,5(9)4-8)6(10)11-3/h4H2,1-3H3. The number of Topliss-reactive ketones (excluding diaryl/α,β-unsaturated/α-hetero) is 1. The molecule has 0 aliphatic heterocycles. The predicted octanol–water partition coefficient (Wildman–Crippen LogP) is 1.15. The minimum Gasteiger partial charge on any atom is -0.468 e. The molecule has 0 atom stereocenters. The van der Waals surface area contributed by atoms with E-state index in [0.29, 0.717) is 0 Å².